The molecule has 0 atom stereocenters. The number of hydrogen-bond acceptors (Lipinski definition) is 7. The van der Waals surface area contributed by atoms with E-state index in [1.54, 1.807) is 12.3 Å². The molecule has 0 radical (unpaired) electrons. The van der Waals surface area contributed by atoms with Gasteiger partial charge in [0.05, 0.1) is 30.8 Å². The van der Waals surface area contributed by atoms with Gasteiger partial charge in [-0.25, -0.2) is 18.1 Å². The molecule has 1 aromatic carbocycles. The van der Waals surface area contributed by atoms with Crippen molar-refractivity contribution in [2.75, 3.05) is 38.3 Å². The number of morpholine rings is 1. The fraction of sp³-hybridized carbons (Fsp3) is 0.333. The van der Waals surface area contributed by atoms with E-state index >= 15 is 0 Å². The summed E-state index contributed by atoms with van der Waals surface area (Å²) in [6.45, 7) is 2.84. The Morgan fingerprint density at radius 1 is 1.29 bits per heavy atom. The number of carbonyl (C=O) groups excluding carboxylic acids is 1. The summed E-state index contributed by atoms with van der Waals surface area (Å²) in [6, 6.07) is 7.55. The van der Waals surface area contributed by atoms with E-state index in [2.05, 4.69) is 14.6 Å². The van der Waals surface area contributed by atoms with Crippen LogP contribution in [0.25, 0.3) is 0 Å². The second-order valence-electron chi connectivity index (χ2n) is 6.17. The summed E-state index contributed by atoms with van der Waals surface area (Å²) in [6.07, 6.45) is 1.65. The summed E-state index contributed by atoms with van der Waals surface area (Å²) in [5.41, 5.74) is 6.07. The first-order chi connectivity index (χ1) is 13.4. The van der Waals surface area contributed by atoms with Crippen LogP contribution in [0.5, 0.6) is 5.75 Å². The molecular formula is C18H22N4O5S. The third-order valence-corrected chi connectivity index (χ3v) is 5.76. The zero-order chi connectivity index (χ0) is 20.1. The van der Waals surface area contributed by atoms with Gasteiger partial charge in [0.15, 0.2) is 0 Å². The lowest BCUT2D eigenvalue weighted by atomic mass is 10.2. The number of pyridine rings is 1. The Morgan fingerprint density at radius 3 is 2.71 bits per heavy atom. The van der Waals surface area contributed by atoms with Gasteiger partial charge in [-0.2, -0.15) is 0 Å². The Balaban J connectivity index is 1.75. The summed E-state index contributed by atoms with van der Waals surface area (Å²) < 4.78 is 38.1. The Labute approximate surface area is 163 Å². The largest absolute Gasteiger partial charge is 0.496 e. The Morgan fingerprint density at radius 2 is 2.04 bits per heavy atom. The molecule has 0 bridgehead atoms. The molecular weight excluding hydrogens is 384 g/mol. The number of benzene rings is 1. The number of nitrogens with zero attached hydrogens (tertiary/aromatic N) is 2. The molecule has 1 aromatic heterocycles. The van der Waals surface area contributed by atoms with Crippen molar-refractivity contribution in [2.24, 2.45) is 5.73 Å². The van der Waals surface area contributed by atoms with Crippen LogP contribution < -0.4 is 20.1 Å². The van der Waals surface area contributed by atoms with Gasteiger partial charge < -0.3 is 20.1 Å². The van der Waals surface area contributed by atoms with E-state index in [1.165, 1.54) is 25.3 Å². The van der Waals surface area contributed by atoms with Gasteiger partial charge in [0.25, 0.3) is 5.91 Å². The number of nitrogens with one attached hydrogen (secondary N) is 1. The lowest BCUT2D eigenvalue weighted by molar-refractivity contribution is 0.0997. The van der Waals surface area contributed by atoms with Crippen molar-refractivity contribution < 1.29 is 22.7 Å². The van der Waals surface area contributed by atoms with E-state index < -0.39 is 15.9 Å². The minimum Gasteiger partial charge on any atom is -0.496 e. The van der Waals surface area contributed by atoms with Crippen LogP contribution >= 0.6 is 0 Å². The molecule has 10 heteroatoms. The SMILES string of the molecule is COc1ccc(S(=O)(=O)NCc2ccnc(N3CCOCC3)c2)cc1C(N)=O. The molecule has 150 valence electrons. The van der Waals surface area contributed by atoms with E-state index in [-0.39, 0.29) is 22.8 Å². The topological polar surface area (TPSA) is 124 Å². The first-order valence-electron chi connectivity index (χ1n) is 8.66. The molecule has 9 nitrogen and oxygen atoms in total. The van der Waals surface area contributed by atoms with E-state index in [0.29, 0.717) is 13.2 Å². The number of sulfonamides is 1. The standard InChI is InChI=1S/C18H22N4O5S/c1-26-16-3-2-14(11-15(16)18(19)23)28(24,25)21-12-13-4-5-20-17(10-13)22-6-8-27-9-7-22/h2-5,10-11,21H,6-9,12H2,1H3,(H2,19,23). The van der Waals surface area contributed by atoms with Gasteiger partial charge >= 0.3 is 0 Å². The molecule has 0 spiro atoms. The van der Waals surface area contributed by atoms with Gasteiger partial charge in [-0.1, -0.05) is 0 Å². The average molecular weight is 406 g/mol. The molecule has 1 amide bonds. The predicted molar refractivity (Wildman–Crippen MR) is 103 cm³/mol. The fourth-order valence-corrected chi connectivity index (χ4v) is 3.89. The summed E-state index contributed by atoms with van der Waals surface area (Å²) in [4.78, 5) is 17.9. The van der Waals surface area contributed by atoms with Crippen molar-refractivity contribution >= 4 is 21.7 Å². The molecule has 1 saturated heterocycles. The van der Waals surface area contributed by atoms with Gasteiger partial charge in [-0.05, 0) is 35.9 Å². The maximum Gasteiger partial charge on any atom is 0.252 e. The number of rotatable bonds is 7. The van der Waals surface area contributed by atoms with Crippen LogP contribution in [0.3, 0.4) is 0 Å². The maximum atomic E-state index is 12.6. The Hall–Kier alpha value is -2.69. The Bertz CT molecular complexity index is 958. The van der Waals surface area contributed by atoms with Gasteiger partial charge in [0.2, 0.25) is 10.0 Å². The lowest BCUT2D eigenvalue weighted by Gasteiger charge is -2.28. The highest BCUT2D eigenvalue weighted by molar-refractivity contribution is 7.89. The normalized spacial score (nSPS) is 14.7. The molecule has 0 aliphatic carbocycles. The maximum absolute atomic E-state index is 12.6. The summed E-state index contributed by atoms with van der Waals surface area (Å²) in [7, 11) is -2.47. The van der Waals surface area contributed by atoms with Crippen LogP contribution in [0.15, 0.2) is 41.4 Å². The van der Waals surface area contributed by atoms with Gasteiger partial charge in [-0.15, -0.1) is 0 Å². The number of methoxy groups -OCH3 is 1. The quantitative estimate of drug-likeness (QED) is 0.686. The number of primary amides is 1. The van der Waals surface area contributed by atoms with E-state index in [9.17, 15) is 13.2 Å². The van der Waals surface area contributed by atoms with Crippen molar-refractivity contribution in [2.45, 2.75) is 11.4 Å². The fourth-order valence-electron chi connectivity index (χ4n) is 2.84. The number of nitrogens with two attached hydrogens (primary N) is 1. The first-order valence-corrected chi connectivity index (χ1v) is 10.1. The highest BCUT2D eigenvalue weighted by atomic mass is 32.2. The van der Waals surface area contributed by atoms with Crippen molar-refractivity contribution in [3.8, 4) is 5.75 Å². The second kappa shape index (κ2) is 8.55. The van der Waals surface area contributed by atoms with Crippen LogP contribution in [0.2, 0.25) is 0 Å². The molecule has 1 fully saturated rings. The van der Waals surface area contributed by atoms with Crippen LogP contribution in [-0.2, 0) is 21.3 Å². The lowest BCUT2D eigenvalue weighted by Crippen LogP contribution is -2.36. The highest BCUT2D eigenvalue weighted by Crippen LogP contribution is 2.22. The zero-order valence-corrected chi connectivity index (χ0v) is 16.2. The van der Waals surface area contributed by atoms with E-state index in [4.69, 9.17) is 15.2 Å². The molecule has 2 heterocycles. The summed E-state index contributed by atoms with van der Waals surface area (Å²) in [5.74, 6) is 0.231. The number of carbonyl (C=O) groups is 1. The van der Waals surface area contributed by atoms with Crippen LogP contribution in [0.1, 0.15) is 15.9 Å². The second-order valence-corrected chi connectivity index (χ2v) is 7.94. The zero-order valence-electron chi connectivity index (χ0n) is 15.4. The molecule has 1 aliphatic heterocycles. The van der Waals surface area contributed by atoms with Gasteiger partial charge in [-0.3, -0.25) is 4.79 Å². The Kier molecular flexibility index (Phi) is 6.12. The van der Waals surface area contributed by atoms with Crippen LogP contribution in [0.4, 0.5) is 5.82 Å². The highest BCUT2D eigenvalue weighted by Gasteiger charge is 2.19. The number of amides is 1. The van der Waals surface area contributed by atoms with E-state index in [1.807, 2.05) is 6.07 Å². The number of anilines is 1. The molecule has 0 saturated carbocycles. The minimum absolute atomic E-state index is 0.00360. The number of ether oxygens (including phenoxy) is 2. The molecule has 3 rings (SSSR count). The van der Waals surface area contributed by atoms with Crippen LogP contribution in [0, 0.1) is 0 Å². The smallest absolute Gasteiger partial charge is 0.252 e. The first kappa shape index (κ1) is 20.1. The van der Waals surface area contributed by atoms with Gasteiger partial charge in [0.1, 0.15) is 11.6 Å². The average Bonchev–Trinajstić information content (AvgIpc) is 2.72. The van der Waals surface area contributed by atoms with Crippen molar-refractivity contribution in [1.29, 1.82) is 0 Å². The monoisotopic (exact) mass is 406 g/mol. The molecule has 2 aromatic rings. The molecule has 0 unspecified atom stereocenters. The van der Waals surface area contributed by atoms with Crippen molar-refractivity contribution in [3.63, 3.8) is 0 Å². The summed E-state index contributed by atoms with van der Waals surface area (Å²) >= 11 is 0. The third kappa shape index (κ3) is 4.58. The van der Waals surface area contributed by atoms with Gasteiger partial charge in [0, 0.05) is 25.8 Å². The van der Waals surface area contributed by atoms with E-state index in [0.717, 1.165) is 24.5 Å². The minimum atomic E-state index is -3.84. The van der Waals surface area contributed by atoms with Crippen molar-refractivity contribution in [1.82, 2.24) is 9.71 Å². The molecule has 3 N–H and O–H groups in total. The number of hydrogen-bond donors (Lipinski definition) is 2. The summed E-state index contributed by atoms with van der Waals surface area (Å²) in [5, 5.41) is 0. The predicted octanol–water partition coefficient (Wildman–Crippen LogP) is 0.504. The van der Waals surface area contributed by atoms with Crippen molar-refractivity contribution in [3.05, 3.63) is 47.7 Å². The third-order valence-electron chi connectivity index (χ3n) is 4.36. The molecule has 1 aliphatic rings. The molecule has 28 heavy (non-hydrogen) atoms. The number of aromatic nitrogens is 1. The van der Waals surface area contributed by atoms with Crippen LogP contribution in [-0.4, -0.2) is 52.7 Å².